The van der Waals surface area contributed by atoms with Gasteiger partial charge in [-0.2, -0.15) is 0 Å². The largest absolute Gasteiger partial charge is 0.436 e. The maximum atomic E-state index is 13.7. The summed E-state index contributed by atoms with van der Waals surface area (Å²) in [5.74, 6) is -0.312. The number of halogens is 2. The van der Waals surface area contributed by atoms with Gasteiger partial charge in [-0.25, -0.2) is 13.8 Å². The number of nitrogens with zero attached hydrogens (tertiary/aromatic N) is 3. The molecule has 2 aliphatic rings. The van der Waals surface area contributed by atoms with Crippen molar-refractivity contribution < 1.29 is 27.8 Å². The fraction of sp³-hybridized carbons (Fsp3) is 0.333. The average molecular weight is 466 g/mol. The number of pyridine rings is 2. The van der Waals surface area contributed by atoms with Gasteiger partial charge in [0.1, 0.15) is 16.8 Å². The third-order valence-corrected chi connectivity index (χ3v) is 6.88. The van der Waals surface area contributed by atoms with Crippen LogP contribution < -0.4 is 5.73 Å². The quantitative estimate of drug-likeness (QED) is 0.461. The number of rotatable bonds is 5. The molecule has 1 aromatic carbocycles. The molecule has 174 valence electrons. The fourth-order valence-electron chi connectivity index (χ4n) is 4.63. The van der Waals surface area contributed by atoms with Gasteiger partial charge in [-0.05, 0) is 36.6 Å². The monoisotopic (exact) mass is 466 g/mol. The van der Waals surface area contributed by atoms with Crippen molar-refractivity contribution in [2.45, 2.75) is 36.7 Å². The molecule has 1 amide bonds. The number of hydrogen-bond acceptors (Lipinski definition) is 7. The number of alkyl halides is 2. The summed E-state index contributed by atoms with van der Waals surface area (Å²) in [6, 6.07) is 6.81. The molecule has 1 aliphatic carbocycles. The third-order valence-electron chi connectivity index (χ3n) is 6.88. The molecule has 4 aromatic rings. The Morgan fingerprint density at radius 2 is 1.94 bits per heavy atom. The Balaban J connectivity index is 1.52. The lowest BCUT2D eigenvalue weighted by Gasteiger charge is -2.20. The van der Waals surface area contributed by atoms with E-state index in [2.05, 4.69) is 15.0 Å². The number of carbonyl (C=O) groups excluding carboxylic acids is 1. The standard InChI is InChI=1S/C24H20F2N4O4/c25-20(26)19-14-9-28-18(23(3-4-23)22(27)31)8-13(14)15(10-29-19)21-30-16-7-12(1-2-17(16)34-21)24(32)5-6-33-11-24/h1-2,7-10,20,32H,3-6,11H2,(H2,27,31). The van der Waals surface area contributed by atoms with Crippen LogP contribution in [-0.4, -0.2) is 39.2 Å². The number of primary amides is 1. The van der Waals surface area contributed by atoms with Gasteiger partial charge in [0.15, 0.2) is 5.58 Å². The Morgan fingerprint density at radius 1 is 1.12 bits per heavy atom. The molecular formula is C24H20F2N4O4. The van der Waals surface area contributed by atoms with E-state index in [9.17, 15) is 18.7 Å². The van der Waals surface area contributed by atoms with Crippen LogP contribution in [0.2, 0.25) is 0 Å². The van der Waals surface area contributed by atoms with Crippen LogP contribution in [0.3, 0.4) is 0 Å². The molecule has 3 aromatic heterocycles. The lowest BCUT2D eigenvalue weighted by atomic mass is 9.93. The minimum absolute atomic E-state index is 0.150. The van der Waals surface area contributed by atoms with Crippen LogP contribution in [0.25, 0.3) is 33.3 Å². The molecule has 1 atom stereocenters. The molecule has 2 fully saturated rings. The average Bonchev–Trinajstić information content (AvgIpc) is 3.35. The Kier molecular flexibility index (Phi) is 4.49. The first kappa shape index (κ1) is 21.1. The van der Waals surface area contributed by atoms with Gasteiger partial charge in [0.05, 0.1) is 23.3 Å². The second-order valence-electron chi connectivity index (χ2n) is 8.95. The minimum Gasteiger partial charge on any atom is -0.436 e. The van der Waals surface area contributed by atoms with E-state index in [1.165, 1.54) is 12.4 Å². The van der Waals surface area contributed by atoms with Gasteiger partial charge in [0.25, 0.3) is 6.43 Å². The zero-order valence-corrected chi connectivity index (χ0v) is 17.9. The smallest absolute Gasteiger partial charge is 0.281 e. The Bertz CT molecular complexity index is 1460. The normalized spacial score (nSPS) is 21.5. The zero-order chi connectivity index (χ0) is 23.7. The lowest BCUT2D eigenvalue weighted by Crippen LogP contribution is -2.29. The number of fused-ring (bicyclic) bond motifs is 2. The maximum absolute atomic E-state index is 13.7. The van der Waals surface area contributed by atoms with E-state index in [-0.39, 0.29) is 17.9 Å². The predicted octanol–water partition coefficient (Wildman–Crippen LogP) is 3.50. The first-order valence-electron chi connectivity index (χ1n) is 10.9. The third kappa shape index (κ3) is 3.09. The van der Waals surface area contributed by atoms with Crippen molar-refractivity contribution in [3.05, 3.63) is 53.6 Å². The molecule has 8 nitrogen and oxygen atoms in total. The lowest BCUT2D eigenvalue weighted by molar-refractivity contribution is -0.120. The molecule has 4 heterocycles. The number of oxazole rings is 1. The van der Waals surface area contributed by atoms with Gasteiger partial charge in [-0.1, -0.05) is 6.07 Å². The Hall–Kier alpha value is -3.50. The van der Waals surface area contributed by atoms with E-state index < -0.39 is 29.0 Å². The predicted molar refractivity (Wildman–Crippen MR) is 117 cm³/mol. The minimum atomic E-state index is -2.81. The van der Waals surface area contributed by atoms with Crippen molar-refractivity contribution >= 4 is 27.8 Å². The van der Waals surface area contributed by atoms with Crippen LogP contribution in [-0.2, 0) is 20.5 Å². The SMILES string of the molecule is NC(=O)C1(c2cc3c(-c4nc5cc(C6(O)CCOC6)ccc5o4)cnc(C(F)F)c3cn2)CC1. The molecule has 0 bridgehead atoms. The van der Waals surface area contributed by atoms with Crippen LogP contribution in [0.4, 0.5) is 8.78 Å². The van der Waals surface area contributed by atoms with E-state index in [1.807, 2.05) is 0 Å². The van der Waals surface area contributed by atoms with Crippen LogP contribution in [0.5, 0.6) is 0 Å². The number of nitrogens with two attached hydrogens (primary N) is 1. The van der Waals surface area contributed by atoms with Crippen molar-refractivity contribution in [2.75, 3.05) is 13.2 Å². The highest BCUT2D eigenvalue weighted by molar-refractivity contribution is 5.98. The van der Waals surface area contributed by atoms with E-state index >= 15 is 0 Å². The van der Waals surface area contributed by atoms with Gasteiger partial charge < -0.3 is 20.0 Å². The molecule has 1 saturated heterocycles. The van der Waals surface area contributed by atoms with Crippen LogP contribution in [0, 0.1) is 0 Å². The van der Waals surface area contributed by atoms with Crippen molar-refractivity contribution in [1.29, 1.82) is 0 Å². The van der Waals surface area contributed by atoms with Gasteiger partial charge in [-0.3, -0.25) is 14.8 Å². The molecule has 6 rings (SSSR count). The van der Waals surface area contributed by atoms with Crippen molar-refractivity contribution in [1.82, 2.24) is 15.0 Å². The summed E-state index contributed by atoms with van der Waals surface area (Å²) in [4.78, 5) is 24.8. The summed E-state index contributed by atoms with van der Waals surface area (Å²) in [5.41, 5.74) is 5.67. The molecule has 34 heavy (non-hydrogen) atoms. The molecule has 1 saturated carbocycles. The Morgan fingerprint density at radius 3 is 2.62 bits per heavy atom. The van der Waals surface area contributed by atoms with Gasteiger partial charge >= 0.3 is 0 Å². The summed E-state index contributed by atoms with van der Waals surface area (Å²) < 4.78 is 38.6. The molecule has 0 spiro atoms. The molecule has 3 N–H and O–H groups in total. The van der Waals surface area contributed by atoms with Crippen LogP contribution in [0.15, 0.2) is 41.1 Å². The number of aromatic nitrogens is 3. The molecular weight excluding hydrogens is 446 g/mol. The van der Waals surface area contributed by atoms with Gasteiger partial charge in [-0.15, -0.1) is 0 Å². The van der Waals surface area contributed by atoms with E-state index in [1.54, 1.807) is 24.3 Å². The Labute approximate surface area is 191 Å². The fourth-order valence-corrected chi connectivity index (χ4v) is 4.63. The number of benzene rings is 1. The highest BCUT2D eigenvalue weighted by atomic mass is 19.3. The number of amides is 1. The van der Waals surface area contributed by atoms with E-state index in [0.29, 0.717) is 59.2 Å². The van der Waals surface area contributed by atoms with Gasteiger partial charge in [0, 0.05) is 36.2 Å². The first-order valence-corrected chi connectivity index (χ1v) is 10.9. The number of hydrogen-bond donors (Lipinski definition) is 2. The highest BCUT2D eigenvalue weighted by Gasteiger charge is 2.51. The molecule has 1 unspecified atom stereocenters. The van der Waals surface area contributed by atoms with Crippen molar-refractivity contribution in [2.24, 2.45) is 5.73 Å². The second-order valence-corrected chi connectivity index (χ2v) is 8.95. The van der Waals surface area contributed by atoms with Crippen LogP contribution in [0.1, 0.15) is 42.6 Å². The zero-order valence-electron chi connectivity index (χ0n) is 17.9. The topological polar surface area (TPSA) is 124 Å². The number of ether oxygens (including phenoxy) is 1. The number of carbonyl (C=O) groups is 1. The molecule has 10 heteroatoms. The summed E-state index contributed by atoms with van der Waals surface area (Å²) in [5, 5.41) is 11.4. The summed E-state index contributed by atoms with van der Waals surface area (Å²) in [6.07, 6.45) is 1.38. The van der Waals surface area contributed by atoms with Crippen molar-refractivity contribution in [3.63, 3.8) is 0 Å². The number of aliphatic hydroxyl groups is 1. The molecule has 1 aliphatic heterocycles. The van der Waals surface area contributed by atoms with Crippen LogP contribution >= 0.6 is 0 Å². The van der Waals surface area contributed by atoms with Gasteiger partial charge in [0.2, 0.25) is 11.8 Å². The van der Waals surface area contributed by atoms with Crippen molar-refractivity contribution in [3.8, 4) is 11.5 Å². The maximum Gasteiger partial charge on any atom is 0.281 e. The summed E-state index contributed by atoms with van der Waals surface area (Å²) >= 11 is 0. The second kappa shape index (κ2) is 7.25. The highest BCUT2D eigenvalue weighted by Crippen LogP contribution is 2.48. The van der Waals surface area contributed by atoms with E-state index in [4.69, 9.17) is 14.9 Å². The summed E-state index contributed by atoms with van der Waals surface area (Å²) in [7, 11) is 0. The molecule has 0 radical (unpaired) electrons. The van der Waals surface area contributed by atoms with E-state index in [0.717, 1.165) is 0 Å². The summed E-state index contributed by atoms with van der Waals surface area (Å²) in [6.45, 7) is 0.667. The first-order chi connectivity index (χ1) is 16.3.